The summed E-state index contributed by atoms with van der Waals surface area (Å²) in [4.78, 5) is 32.2. The summed E-state index contributed by atoms with van der Waals surface area (Å²) >= 11 is 0. The molecule has 1 aromatic heterocycles. The van der Waals surface area contributed by atoms with Crippen molar-refractivity contribution in [1.29, 1.82) is 0 Å². The molecule has 104 valence electrons. The molecule has 0 unspecified atom stereocenters. The summed E-state index contributed by atoms with van der Waals surface area (Å²) in [5.74, 6) is -1.07. The Kier molecular flexibility index (Phi) is 4.42. The van der Waals surface area contributed by atoms with Crippen LogP contribution in [0.5, 0.6) is 0 Å². The van der Waals surface area contributed by atoms with Crippen LogP contribution in [-0.4, -0.2) is 44.6 Å². The number of carboxylic acids is 1. The highest BCUT2D eigenvalue weighted by Gasteiger charge is 2.35. The molecule has 2 N–H and O–H groups in total. The van der Waals surface area contributed by atoms with Crippen molar-refractivity contribution in [2.24, 2.45) is 0 Å². The van der Waals surface area contributed by atoms with Gasteiger partial charge in [-0.1, -0.05) is 0 Å². The van der Waals surface area contributed by atoms with Crippen LogP contribution in [0.2, 0.25) is 0 Å². The van der Waals surface area contributed by atoms with E-state index in [9.17, 15) is 9.59 Å². The Hall–Kier alpha value is -2.18. The first-order valence-electron chi connectivity index (χ1n) is 5.77. The molecule has 0 aliphatic carbocycles. The maximum atomic E-state index is 11.8. The van der Waals surface area contributed by atoms with E-state index in [-0.39, 0.29) is 6.54 Å². The van der Waals surface area contributed by atoms with E-state index in [2.05, 4.69) is 15.3 Å². The number of rotatable bonds is 4. The van der Waals surface area contributed by atoms with Crippen molar-refractivity contribution in [3.63, 3.8) is 0 Å². The van der Waals surface area contributed by atoms with Gasteiger partial charge in [-0.3, -0.25) is 9.97 Å². The smallest absolute Gasteiger partial charge is 0.329 e. The van der Waals surface area contributed by atoms with Gasteiger partial charge in [-0.15, -0.1) is 0 Å². The number of amides is 2. The summed E-state index contributed by atoms with van der Waals surface area (Å²) in [7, 11) is 1.43. The number of nitrogens with one attached hydrogen (secondary N) is 1. The maximum absolute atomic E-state index is 11.8. The third kappa shape index (κ3) is 3.64. The maximum Gasteiger partial charge on any atom is 0.329 e. The molecule has 0 saturated carbocycles. The minimum Gasteiger partial charge on any atom is -0.480 e. The molecule has 19 heavy (non-hydrogen) atoms. The lowest BCUT2D eigenvalue weighted by atomic mass is 10.1. The fourth-order valence-electron chi connectivity index (χ4n) is 1.19. The van der Waals surface area contributed by atoms with Crippen molar-refractivity contribution in [3.05, 3.63) is 23.8 Å². The highest BCUT2D eigenvalue weighted by Crippen LogP contribution is 2.12. The van der Waals surface area contributed by atoms with Gasteiger partial charge in [0.2, 0.25) is 0 Å². The molecule has 0 atom stereocenters. The number of urea groups is 1. The zero-order valence-electron chi connectivity index (χ0n) is 11.5. The lowest BCUT2D eigenvalue weighted by molar-refractivity contribution is -0.146. The number of carboxylic acid groups (broad SMARTS) is 1. The molecule has 2 amide bonds. The number of aromatic nitrogens is 2. The van der Waals surface area contributed by atoms with Gasteiger partial charge in [0.1, 0.15) is 5.54 Å². The van der Waals surface area contributed by atoms with Gasteiger partial charge < -0.3 is 15.3 Å². The number of hydrogen-bond donors (Lipinski definition) is 2. The third-order valence-corrected chi connectivity index (χ3v) is 2.92. The van der Waals surface area contributed by atoms with Gasteiger partial charge in [-0.05, 0) is 20.8 Å². The van der Waals surface area contributed by atoms with E-state index in [0.717, 1.165) is 10.6 Å². The highest BCUT2D eigenvalue weighted by atomic mass is 16.4. The summed E-state index contributed by atoms with van der Waals surface area (Å²) in [5, 5.41) is 11.6. The first-order chi connectivity index (χ1) is 8.75. The van der Waals surface area contributed by atoms with Crippen LogP contribution in [0.4, 0.5) is 4.79 Å². The minimum atomic E-state index is -1.27. The van der Waals surface area contributed by atoms with Crippen molar-refractivity contribution < 1.29 is 14.7 Å². The minimum absolute atomic E-state index is 0.201. The molecule has 1 aromatic rings. The normalized spacial score (nSPS) is 10.9. The molecule has 0 spiro atoms. The Morgan fingerprint density at radius 2 is 2.00 bits per heavy atom. The average Bonchev–Trinajstić information content (AvgIpc) is 2.36. The summed E-state index contributed by atoms with van der Waals surface area (Å²) in [6.45, 7) is 4.94. The van der Waals surface area contributed by atoms with Gasteiger partial charge in [0.05, 0.1) is 24.1 Å². The number of nitrogens with zero attached hydrogens (tertiary/aromatic N) is 3. The van der Waals surface area contributed by atoms with E-state index in [1.165, 1.54) is 20.9 Å². The number of likely N-dealkylation sites (N-methyl/N-ethyl adjacent to an activating group) is 1. The molecule has 7 nitrogen and oxygen atoms in total. The third-order valence-electron chi connectivity index (χ3n) is 2.92. The fourth-order valence-corrected chi connectivity index (χ4v) is 1.19. The molecule has 1 rings (SSSR count). The van der Waals surface area contributed by atoms with Gasteiger partial charge >= 0.3 is 12.0 Å². The Labute approximate surface area is 111 Å². The van der Waals surface area contributed by atoms with Gasteiger partial charge in [0.25, 0.3) is 0 Å². The number of aliphatic carboxylic acids is 1. The summed E-state index contributed by atoms with van der Waals surface area (Å²) in [6.07, 6.45) is 3.17. The first-order valence-corrected chi connectivity index (χ1v) is 5.77. The second-order valence-corrected chi connectivity index (χ2v) is 4.73. The van der Waals surface area contributed by atoms with Gasteiger partial charge in [-0.2, -0.15) is 0 Å². The number of hydrogen-bond acceptors (Lipinski definition) is 4. The summed E-state index contributed by atoms with van der Waals surface area (Å²) in [5.41, 5.74) is 0.128. The van der Waals surface area contributed by atoms with Crippen LogP contribution in [-0.2, 0) is 11.3 Å². The highest BCUT2D eigenvalue weighted by molar-refractivity contribution is 5.85. The van der Waals surface area contributed by atoms with Crippen molar-refractivity contribution in [2.75, 3.05) is 7.05 Å². The largest absolute Gasteiger partial charge is 0.480 e. The molecule has 0 bridgehead atoms. The second kappa shape index (κ2) is 5.64. The van der Waals surface area contributed by atoms with Crippen LogP contribution < -0.4 is 5.32 Å². The number of carbonyl (C=O) groups excluding carboxylic acids is 1. The van der Waals surface area contributed by atoms with Crippen molar-refractivity contribution >= 4 is 12.0 Å². The van der Waals surface area contributed by atoms with Gasteiger partial charge in [0, 0.05) is 13.2 Å². The van der Waals surface area contributed by atoms with Crippen LogP contribution in [0.1, 0.15) is 25.2 Å². The lowest BCUT2D eigenvalue weighted by Gasteiger charge is -2.31. The van der Waals surface area contributed by atoms with E-state index in [1.807, 2.05) is 6.92 Å². The molecule has 1 heterocycles. The average molecular weight is 266 g/mol. The van der Waals surface area contributed by atoms with Crippen LogP contribution in [0.25, 0.3) is 0 Å². The molecule has 0 saturated heterocycles. The Morgan fingerprint density at radius 3 is 2.47 bits per heavy atom. The zero-order chi connectivity index (χ0) is 14.6. The predicted octanol–water partition coefficient (Wildman–Crippen LogP) is 0.790. The van der Waals surface area contributed by atoms with Crippen LogP contribution in [0, 0.1) is 6.92 Å². The zero-order valence-corrected chi connectivity index (χ0v) is 11.5. The van der Waals surface area contributed by atoms with E-state index in [4.69, 9.17) is 5.11 Å². The predicted molar refractivity (Wildman–Crippen MR) is 68.5 cm³/mol. The van der Waals surface area contributed by atoms with Crippen molar-refractivity contribution in [3.8, 4) is 0 Å². The quantitative estimate of drug-likeness (QED) is 0.840. The first kappa shape index (κ1) is 14.9. The Balaban J connectivity index is 2.61. The summed E-state index contributed by atoms with van der Waals surface area (Å²) in [6, 6.07) is -0.477. The van der Waals surface area contributed by atoms with Crippen LogP contribution in [0.3, 0.4) is 0 Å². The number of carbonyl (C=O) groups is 2. The van der Waals surface area contributed by atoms with Gasteiger partial charge in [-0.25, -0.2) is 9.59 Å². The number of aryl methyl sites for hydroxylation is 1. The Bertz CT molecular complexity index is 470. The monoisotopic (exact) mass is 266 g/mol. The molecule has 0 aromatic carbocycles. The van der Waals surface area contributed by atoms with Crippen LogP contribution in [0.15, 0.2) is 12.4 Å². The van der Waals surface area contributed by atoms with Crippen molar-refractivity contribution in [1.82, 2.24) is 20.2 Å². The van der Waals surface area contributed by atoms with Crippen LogP contribution >= 0.6 is 0 Å². The van der Waals surface area contributed by atoms with E-state index < -0.39 is 17.5 Å². The van der Waals surface area contributed by atoms with E-state index in [1.54, 1.807) is 12.4 Å². The Morgan fingerprint density at radius 1 is 1.37 bits per heavy atom. The standard InChI is InChI=1S/C12H18N4O3/c1-8-5-14-9(6-13-8)7-15-11(19)16(4)12(2,3)10(17)18/h5-6H,7H2,1-4H3,(H,15,19)(H,17,18). The fraction of sp³-hybridized carbons (Fsp3) is 0.500. The topological polar surface area (TPSA) is 95.4 Å². The van der Waals surface area contributed by atoms with E-state index in [0.29, 0.717) is 5.69 Å². The lowest BCUT2D eigenvalue weighted by Crippen LogP contribution is -2.53. The molecular formula is C12H18N4O3. The molecule has 0 radical (unpaired) electrons. The molecule has 0 aliphatic rings. The molecule has 7 heteroatoms. The molecule has 0 aliphatic heterocycles. The molecule has 0 fully saturated rings. The summed E-state index contributed by atoms with van der Waals surface area (Å²) < 4.78 is 0. The molecular weight excluding hydrogens is 248 g/mol. The van der Waals surface area contributed by atoms with Gasteiger partial charge in [0.15, 0.2) is 0 Å². The van der Waals surface area contributed by atoms with Crippen molar-refractivity contribution in [2.45, 2.75) is 32.9 Å². The second-order valence-electron chi connectivity index (χ2n) is 4.73. The van der Waals surface area contributed by atoms with E-state index >= 15 is 0 Å². The SMILES string of the molecule is Cc1cnc(CNC(=O)N(C)C(C)(C)C(=O)O)cn1.